The zero-order valence-corrected chi connectivity index (χ0v) is 32.8. The van der Waals surface area contributed by atoms with Crippen molar-refractivity contribution in [1.29, 1.82) is 0 Å². The summed E-state index contributed by atoms with van der Waals surface area (Å²) in [5.74, 6) is 1.07. The highest BCUT2D eigenvalue weighted by molar-refractivity contribution is 5.90. The van der Waals surface area contributed by atoms with Gasteiger partial charge >= 0.3 is 5.97 Å². The lowest BCUT2D eigenvalue weighted by Crippen LogP contribution is -2.58. The monoisotopic (exact) mass is 726 g/mol. The number of carbonyl (C=O) groups is 2. The van der Waals surface area contributed by atoms with Crippen LogP contribution in [0.3, 0.4) is 0 Å². The number of piperidine rings is 1. The summed E-state index contributed by atoms with van der Waals surface area (Å²) in [7, 11) is 0. The molecule has 0 amide bonds. The Labute approximate surface area is 311 Å². The topological polar surface area (TPSA) is 107 Å². The van der Waals surface area contributed by atoms with E-state index in [0.717, 1.165) is 65.0 Å². The van der Waals surface area contributed by atoms with E-state index >= 15 is 0 Å². The van der Waals surface area contributed by atoms with E-state index in [2.05, 4.69) is 30.6 Å². The lowest BCUT2D eigenvalue weighted by atomic mass is 9.46. The largest absolute Gasteiger partial charge is 0.457 e. The second-order valence-corrected chi connectivity index (χ2v) is 20.3. The van der Waals surface area contributed by atoms with Crippen LogP contribution in [0.4, 0.5) is 0 Å². The van der Waals surface area contributed by atoms with Crippen LogP contribution >= 0.6 is 0 Å². The molecular weight excluding hydrogens is 660 g/mol. The Bertz CT molecular complexity index is 1400. The molecule has 52 heavy (non-hydrogen) atoms. The highest BCUT2D eigenvalue weighted by atomic mass is 16.7. The minimum absolute atomic E-state index is 0.0252. The molecule has 5 aliphatic carbocycles. The lowest BCUT2D eigenvalue weighted by molar-refractivity contribution is -0.248. The normalized spacial score (nSPS) is 47.2. The van der Waals surface area contributed by atoms with Gasteiger partial charge in [-0.1, -0.05) is 20.8 Å². The molecule has 0 aromatic carbocycles. The number of rotatable bonds is 7. The zero-order chi connectivity index (χ0) is 36.4. The van der Waals surface area contributed by atoms with Gasteiger partial charge in [0.05, 0.1) is 43.7 Å². The van der Waals surface area contributed by atoms with Crippen LogP contribution in [0.5, 0.6) is 0 Å². The van der Waals surface area contributed by atoms with Crippen molar-refractivity contribution >= 4 is 11.8 Å². The second kappa shape index (κ2) is 12.7. The summed E-state index contributed by atoms with van der Waals surface area (Å²) in [5.41, 5.74) is -0.726. The van der Waals surface area contributed by atoms with E-state index in [1.807, 2.05) is 0 Å². The molecule has 0 radical (unpaired) electrons. The number of morpholine rings is 1. The molecule has 9 fully saturated rings. The average Bonchev–Trinajstić information content (AvgIpc) is 3.69. The summed E-state index contributed by atoms with van der Waals surface area (Å²) < 4.78 is 31.1. The molecule has 4 saturated heterocycles. The predicted octanol–water partition coefficient (Wildman–Crippen LogP) is 4.98. The Morgan fingerprint density at radius 3 is 2.35 bits per heavy atom. The fourth-order valence-electron chi connectivity index (χ4n) is 14.6. The Morgan fingerprint density at radius 1 is 0.904 bits per heavy atom. The molecule has 10 unspecified atom stereocenters. The van der Waals surface area contributed by atoms with Gasteiger partial charge in [0.2, 0.25) is 0 Å². The maximum Gasteiger partial charge on any atom is 0.303 e. The maximum absolute atomic E-state index is 14.7. The van der Waals surface area contributed by atoms with Gasteiger partial charge in [-0.25, -0.2) is 0 Å². The van der Waals surface area contributed by atoms with Gasteiger partial charge in [-0.05, 0) is 124 Å². The molecule has 10 nitrogen and oxygen atoms in total. The number of aliphatic hydroxyl groups is 1. The van der Waals surface area contributed by atoms with Crippen molar-refractivity contribution in [2.45, 2.75) is 161 Å². The molecule has 2 spiro atoms. The lowest BCUT2D eigenvalue weighted by Gasteiger charge is -2.59. The number of hydrogen-bond donors (Lipinski definition) is 1. The second-order valence-electron chi connectivity index (χ2n) is 20.3. The Hall–Kier alpha value is -1.14. The van der Waals surface area contributed by atoms with Crippen LogP contribution in [0, 0.1) is 45.3 Å². The summed E-state index contributed by atoms with van der Waals surface area (Å²) in [6.07, 6.45) is 10.4. The van der Waals surface area contributed by atoms with Gasteiger partial charge in [-0.15, -0.1) is 0 Å². The van der Waals surface area contributed by atoms with Crippen molar-refractivity contribution in [3.8, 4) is 0 Å². The molecule has 9 rings (SSSR count). The standard InChI is InChI=1S/C42H66N2O8/c1-25(45)50-37(39(4,5)47)30-9-7-29-36(51-30)35(46)34-28-8-10-31-38(2,3)32(11-14-42(31)24-41(28,42)16-15-40(29,34)6)52-33-21-44(19-20-49-33)26-12-17-43(18-13-26)27-22-48-23-27/h26-34,36-37,47H,7-24H2,1-6H3/t28?,29?,30?,31?,32-,33?,34?,36?,37?,40?,41-,42?/m0/s1. The average molecular weight is 727 g/mol. The fraction of sp³-hybridized carbons (Fsp3) is 0.952. The summed E-state index contributed by atoms with van der Waals surface area (Å²) >= 11 is 0. The van der Waals surface area contributed by atoms with Gasteiger partial charge in [0.1, 0.15) is 6.10 Å². The first-order chi connectivity index (χ1) is 24.7. The number of nitrogens with zero attached hydrogens (tertiary/aromatic N) is 2. The van der Waals surface area contributed by atoms with Gasteiger partial charge in [-0.2, -0.15) is 0 Å². The molecule has 1 N–H and O–H groups in total. The number of likely N-dealkylation sites (tertiary alicyclic amines) is 1. The van der Waals surface area contributed by atoms with Crippen molar-refractivity contribution in [2.75, 3.05) is 46.0 Å². The highest BCUT2D eigenvalue weighted by Crippen LogP contribution is 2.87. The first kappa shape index (κ1) is 36.5. The van der Waals surface area contributed by atoms with Gasteiger partial charge in [0.25, 0.3) is 0 Å². The van der Waals surface area contributed by atoms with Crippen molar-refractivity contribution < 1.29 is 38.4 Å². The van der Waals surface area contributed by atoms with Crippen LogP contribution in [-0.4, -0.2) is 121 Å². The number of Topliss-reactive ketones (excluding diaryl/α,β-unsaturated/α-hetero) is 1. The first-order valence-electron chi connectivity index (χ1n) is 21.1. The zero-order valence-electron chi connectivity index (χ0n) is 32.8. The number of fused-ring (bicyclic) bond motifs is 4. The van der Waals surface area contributed by atoms with Crippen molar-refractivity contribution in [2.24, 2.45) is 45.3 Å². The molecule has 292 valence electrons. The number of carbonyl (C=O) groups excluding carboxylic acids is 2. The molecule has 0 aromatic rings. The van der Waals surface area contributed by atoms with Crippen LogP contribution in [0.1, 0.15) is 112 Å². The number of ketones is 1. The van der Waals surface area contributed by atoms with Crippen molar-refractivity contribution in [3.05, 3.63) is 0 Å². The molecule has 0 aromatic heterocycles. The predicted molar refractivity (Wildman–Crippen MR) is 193 cm³/mol. The first-order valence-corrected chi connectivity index (χ1v) is 21.1. The SMILES string of the molecule is CC(=O)OC(C1CCC2C(O1)C(=O)C1C3CCC4C(C)(C)[C@@H](OC5CN(C6CCN(C7COC7)CC6)CCO5)CCC45C[C@@]35CCC21C)C(C)(C)O. The summed E-state index contributed by atoms with van der Waals surface area (Å²) in [6.45, 7) is 18.8. The summed E-state index contributed by atoms with van der Waals surface area (Å²) in [4.78, 5) is 31.9. The van der Waals surface area contributed by atoms with Crippen LogP contribution in [0.25, 0.3) is 0 Å². The molecule has 0 bridgehead atoms. The molecular formula is C42H66N2O8. The Balaban J connectivity index is 0.865. The third kappa shape index (κ3) is 5.48. The van der Waals surface area contributed by atoms with Crippen LogP contribution in [0.2, 0.25) is 0 Å². The van der Waals surface area contributed by atoms with Crippen molar-refractivity contribution in [1.82, 2.24) is 9.80 Å². The third-order valence-corrected chi connectivity index (χ3v) is 17.2. The minimum atomic E-state index is -1.26. The number of ether oxygens (including phenoxy) is 5. The summed E-state index contributed by atoms with van der Waals surface area (Å²) in [6, 6.07) is 1.25. The van der Waals surface area contributed by atoms with Crippen LogP contribution in [-0.2, 0) is 33.3 Å². The van der Waals surface area contributed by atoms with Crippen molar-refractivity contribution in [3.63, 3.8) is 0 Å². The molecule has 4 heterocycles. The minimum Gasteiger partial charge on any atom is -0.457 e. The maximum atomic E-state index is 14.7. The fourth-order valence-corrected chi connectivity index (χ4v) is 14.6. The van der Waals surface area contributed by atoms with Crippen LogP contribution < -0.4 is 0 Å². The van der Waals surface area contributed by atoms with E-state index in [-0.39, 0.29) is 46.3 Å². The Morgan fingerprint density at radius 2 is 1.65 bits per heavy atom. The molecule has 9 aliphatic rings. The quantitative estimate of drug-likeness (QED) is 0.361. The van der Waals surface area contributed by atoms with Gasteiger partial charge < -0.3 is 28.8 Å². The third-order valence-electron chi connectivity index (χ3n) is 17.2. The van der Waals surface area contributed by atoms with Gasteiger partial charge in [0, 0.05) is 45.1 Å². The van der Waals surface area contributed by atoms with E-state index in [4.69, 9.17) is 23.7 Å². The van der Waals surface area contributed by atoms with E-state index in [9.17, 15) is 14.7 Å². The van der Waals surface area contributed by atoms with E-state index in [1.54, 1.807) is 13.8 Å². The molecule has 12 atom stereocenters. The Kier molecular flexibility index (Phi) is 8.90. The molecule has 4 aliphatic heterocycles. The molecule has 10 heteroatoms. The molecule has 5 saturated carbocycles. The van der Waals surface area contributed by atoms with Gasteiger partial charge in [0.15, 0.2) is 18.2 Å². The van der Waals surface area contributed by atoms with Gasteiger partial charge in [-0.3, -0.25) is 19.4 Å². The smallest absolute Gasteiger partial charge is 0.303 e. The number of esters is 1. The summed E-state index contributed by atoms with van der Waals surface area (Å²) in [5, 5.41) is 10.9. The van der Waals surface area contributed by atoms with Crippen LogP contribution in [0.15, 0.2) is 0 Å². The van der Waals surface area contributed by atoms with E-state index in [0.29, 0.717) is 35.8 Å². The van der Waals surface area contributed by atoms with E-state index in [1.165, 1.54) is 52.1 Å². The highest BCUT2D eigenvalue weighted by Gasteiger charge is 2.82. The number of hydrogen-bond acceptors (Lipinski definition) is 10. The van der Waals surface area contributed by atoms with E-state index < -0.39 is 29.9 Å².